The number of aromatic nitrogens is 2. The minimum absolute atomic E-state index is 0.207. The molecule has 0 radical (unpaired) electrons. The van der Waals surface area contributed by atoms with Gasteiger partial charge >= 0.3 is 0 Å². The van der Waals surface area contributed by atoms with Crippen LogP contribution in [0.15, 0.2) is 36.7 Å². The number of hydrogen-bond donors (Lipinski definition) is 1. The van der Waals surface area contributed by atoms with Gasteiger partial charge in [-0.3, -0.25) is 0 Å². The van der Waals surface area contributed by atoms with Crippen LogP contribution in [0.3, 0.4) is 0 Å². The lowest BCUT2D eigenvalue weighted by atomic mass is 9.84. The van der Waals surface area contributed by atoms with Crippen LogP contribution in [0, 0.1) is 0 Å². The van der Waals surface area contributed by atoms with Crippen LogP contribution in [0.1, 0.15) is 32.6 Å². The van der Waals surface area contributed by atoms with Gasteiger partial charge in [0.1, 0.15) is 6.10 Å². The number of benzene rings is 1. The Bertz CT molecular complexity index is 643. The SMILES string of the molecule is CC1(O)CCCCC1Oc1cnc(-c2cccc(Cl)c2)nc1. The fourth-order valence-corrected chi connectivity index (χ4v) is 2.98. The predicted octanol–water partition coefficient (Wildman–Crippen LogP) is 3.87. The molecule has 1 fully saturated rings. The van der Waals surface area contributed by atoms with Crippen molar-refractivity contribution in [1.82, 2.24) is 9.97 Å². The second kappa shape index (κ2) is 6.23. The summed E-state index contributed by atoms with van der Waals surface area (Å²) in [5.74, 6) is 1.18. The molecule has 1 saturated carbocycles. The molecule has 22 heavy (non-hydrogen) atoms. The van der Waals surface area contributed by atoms with Crippen molar-refractivity contribution in [3.63, 3.8) is 0 Å². The zero-order valence-electron chi connectivity index (χ0n) is 12.5. The lowest BCUT2D eigenvalue weighted by Gasteiger charge is -2.36. The number of ether oxygens (including phenoxy) is 1. The van der Waals surface area contributed by atoms with E-state index in [1.54, 1.807) is 12.4 Å². The van der Waals surface area contributed by atoms with Crippen LogP contribution in [0.2, 0.25) is 5.02 Å². The van der Waals surface area contributed by atoms with Crippen LogP contribution in [-0.4, -0.2) is 26.8 Å². The van der Waals surface area contributed by atoms with E-state index < -0.39 is 5.60 Å². The fraction of sp³-hybridized carbons (Fsp3) is 0.412. The summed E-state index contributed by atoms with van der Waals surface area (Å²) in [6.45, 7) is 1.83. The highest BCUT2D eigenvalue weighted by molar-refractivity contribution is 6.30. The summed E-state index contributed by atoms with van der Waals surface area (Å²) in [6, 6.07) is 7.41. The second-order valence-corrected chi connectivity index (χ2v) is 6.40. The van der Waals surface area contributed by atoms with Gasteiger partial charge in [0, 0.05) is 10.6 Å². The molecular weight excluding hydrogens is 300 g/mol. The average Bonchev–Trinajstić information content (AvgIpc) is 2.50. The highest BCUT2D eigenvalue weighted by Gasteiger charge is 2.36. The second-order valence-electron chi connectivity index (χ2n) is 5.96. The summed E-state index contributed by atoms with van der Waals surface area (Å²) in [5, 5.41) is 11.0. The molecule has 0 saturated heterocycles. The van der Waals surface area contributed by atoms with Gasteiger partial charge in [-0.25, -0.2) is 9.97 Å². The quantitative estimate of drug-likeness (QED) is 0.933. The lowest BCUT2D eigenvalue weighted by Crippen LogP contribution is -2.45. The van der Waals surface area contributed by atoms with Crippen LogP contribution in [0.4, 0.5) is 0 Å². The summed E-state index contributed by atoms with van der Waals surface area (Å²) in [4.78, 5) is 8.65. The van der Waals surface area contributed by atoms with E-state index in [4.69, 9.17) is 16.3 Å². The molecule has 1 aliphatic rings. The first-order chi connectivity index (χ1) is 10.5. The first-order valence-corrected chi connectivity index (χ1v) is 7.89. The van der Waals surface area contributed by atoms with Crippen molar-refractivity contribution in [3.8, 4) is 17.1 Å². The van der Waals surface area contributed by atoms with Crippen molar-refractivity contribution in [1.29, 1.82) is 0 Å². The number of halogens is 1. The zero-order chi connectivity index (χ0) is 15.6. The third-order valence-corrected chi connectivity index (χ3v) is 4.32. The van der Waals surface area contributed by atoms with E-state index in [0.717, 1.165) is 31.2 Å². The van der Waals surface area contributed by atoms with Crippen molar-refractivity contribution in [2.75, 3.05) is 0 Å². The lowest BCUT2D eigenvalue weighted by molar-refractivity contribution is -0.0738. The normalized spacial score (nSPS) is 25.0. The predicted molar refractivity (Wildman–Crippen MR) is 86.0 cm³/mol. The van der Waals surface area contributed by atoms with Gasteiger partial charge in [0.2, 0.25) is 0 Å². The third kappa shape index (κ3) is 3.39. The Hall–Kier alpha value is -1.65. The summed E-state index contributed by atoms with van der Waals surface area (Å²) < 4.78 is 5.88. The van der Waals surface area contributed by atoms with E-state index in [1.807, 2.05) is 31.2 Å². The van der Waals surface area contributed by atoms with Gasteiger partial charge in [-0.15, -0.1) is 0 Å². The summed E-state index contributed by atoms with van der Waals surface area (Å²) in [7, 11) is 0. The summed E-state index contributed by atoms with van der Waals surface area (Å²) in [5.41, 5.74) is 0.0767. The first-order valence-electron chi connectivity index (χ1n) is 7.52. The maximum atomic E-state index is 10.4. The molecule has 2 atom stereocenters. The Labute approximate surface area is 135 Å². The average molecular weight is 319 g/mol. The smallest absolute Gasteiger partial charge is 0.159 e. The number of hydrogen-bond acceptors (Lipinski definition) is 4. The molecule has 4 nitrogen and oxygen atoms in total. The molecule has 0 aliphatic heterocycles. The van der Waals surface area contributed by atoms with Crippen molar-refractivity contribution >= 4 is 11.6 Å². The molecule has 2 aromatic rings. The maximum absolute atomic E-state index is 10.4. The van der Waals surface area contributed by atoms with E-state index >= 15 is 0 Å². The van der Waals surface area contributed by atoms with E-state index in [0.29, 0.717) is 16.6 Å². The zero-order valence-corrected chi connectivity index (χ0v) is 13.3. The van der Waals surface area contributed by atoms with Crippen molar-refractivity contribution in [2.24, 2.45) is 0 Å². The molecule has 1 N–H and O–H groups in total. The molecule has 2 unspecified atom stereocenters. The number of aliphatic hydroxyl groups is 1. The molecule has 1 aromatic heterocycles. The van der Waals surface area contributed by atoms with Gasteiger partial charge in [-0.05, 0) is 38.3 Å². The van der Waals surface area contributed by atoms with E-state index in [-0.39, 0.29) is 6.10 Å². The van der Waals surface area contributed by atoms with E-state index in [9.17, 15) is 5.11 Å². The molecule has 116 valence electrons. The molecular formula is C17H19ClN2O2. The summed E-state index contributed by atoms with van der Waals surface area (Å²) >= 11 is 5.98. The molecule has 1 heterocycles. The van der Waals surface area contributed by atoms with Crippen LogP contribution in [0.5, 0.6) is 5.75 Å². The maximum Gasteiger partial charge on any atom is 0.159 e. The Balaban J connectivity index is 1.74. The minimum atomic E-state index is -0.788. The fourth-order valence-electron chi connectivity index (χ4n) is 2.79. The highest BCUT2D eigenvalue weighted by Crippen LogP contribution is 2.31. The monoisotopic (exact) mass is 318 g/mol. The molecule has 0 spiro atoms. The van der Waals surface area contributed by atoms with Crippen molar-refractivity contribution < 1.29 is 9.84 Å². The van der Waals surface area contributed by atoms with Crippen LogP contribution >= 0.6 is 11.6 Å². The topological polar surface area (TPSA) is 55.2 Å². The first kappa shape index (κ1) is 15.3. The van der Waals surface area contributed by atoms with Gasteiger partial charge in [-0.1, -0.05) is 30.2 Å². The largest absolute Gasteiger partial charge is 0.484 e. The molecule has 1 aliphatic carbocycles. The van der Waals surface area contributed by atoms with Crippen LogP contribution in [-0.2, 0) is 0 Å². The Kier molecular flexibility index (Phi) is 4.32. The molecule has 5 heteroatoms. The number of nitrogens with zero attached hydrogens (tertiary/aromatic N) is 2. The molecule has 0 amide bonds. The number of rotatable bonds is 3. The van der Waals surface area contributed by atoms with Crippen molar-refractivity contribution in [3.05, 3.63) is 41.7 Å². The van der Waals surface area contributed by atoms with Crippen LogP contribution < -0.4 is 4.74 Å². The van der Waals surface area contributed by atoms with Gasteiger partial charge in [0.15, 0.2) is 11.6 Å². The van der Waals surface area contributed by atoms with Gasteiger partial charge < -0.3 is 9.84 Å². The van der Waals surface area contributed by atoms with Gasteiger partial charge in [0.05, 0.1) is 18.0 Å². The highest BCUT2D eigenvalue weighted by atomic mass is 35.5. The van der Waals surface area contributed by atoms with Gasteiger partial charge in [0.25, 0.3) is 0 Å². The standard InChI is InChI=1S/C17H19ClN2O2/c1-17(21)8-3-2-7-15(17)22-14-10-19-16(20-11-14)12-5-4-6-13(18)9-12/h4-6,9-11,15,21H,2-3,7-8H2,1H3. The van der Waals surface area contributed by atoms with Crippen molar-refractivity contribution in [2.45, 2.75) is 44.3 Å². The van der Waals surface area contributed by atoms with E-state index in [1.165, 1.54) is 0 Å². The Morgan fingerprint density at radius 2 is 2.05 bits per heavy atom. The van der Waals surface area contributed by atoms with Gasteiger partial charge in [-0.2, -0.15) is 0 Å². The molecule has 0 bridgehead atoms. The Morgan fingerprint density at radius 1 is 1.27 bits per heavy atom. The molecule has 3 rings (SSSR count). The van der Waals surface area contributed by atoms with Crippen LogP contribution in [0.25, 0.3) is 11.4 Å². The third-order valence-electron chi connectivity index (χ3n) is 4.08. The minimum Gasteiger partial charge on any atom is -0.484 e. The molecule has 1 aromatic carbocycles. The van der Waals surface area contributed by atoms with E-state index in [2.05, 4.69) is 9.97 Å². The Morgan fingerprint density at radius 3 is 2.73 bits per heavy atom. The summed E-state index contributed by atoms with van der Waals surface area (Å²) in [6.07, 6.45) is 6.81.